The van der Waals surface area contributed by atoms with Crippen molar-refractivity contribution in [3.05, 3.63) is 0 Å². The highest BCUT2D eigenvalue weighted by molar-refractivity contribution is 4.68. The number of hydrogen-bond donors (Lipinski definition) is 1. The van der Waals surface area contributed by atoms with Gasteiger partial charge in [0, 0.05) is 19.1 Å². The molecule has 0 bridgehead atoms. The zero-order chi connectivity index (χ0) is 11.1. The van der Waals surface area contributed by atoms with Crippen molar-refractivity contribution in [3.8, 4) is 0 Å². The first-order chi connectivity index (χ1) is 7.18. The first-order valence-electron chi connectivity index (χ1n) is 6.64. The average molecular weight is 212 g/mol. The summed E-state index contributed by atoms with van der Waals surface area (Å²) in [6, 6.07) is 0.676. The maximum absolute atomic E-state index is 3.62. The molecular formula is C13H28N2. The van der Waals surface area contributed by atoms with Crippen molar-refractivity contribution in [2.45, 2.75) is 52.5 Å². The number of rotatable bonds is 6. The Balaban J connectivity index is 1.99. The maximum atomic E-state index is 3.62. The normalized spacial score (nSPS) is 20.8. The molecular weight excluding hydrogens is 184 g/mol. The molecule has 2 heteroatoms. The lowest BCUT2D eigenvalue weighted by atomic mass is 10.1. The largest absolute Gasteiger partial charge is 0.313 e. The Bertz CT molecular complexity index is 151. The lowest BCUT2D eigenvalue weighted by Gasteiger charge is -2.27. The highest BCUT2D eigenvalue weighted by Crippen LogP contribution is 2.07. The smallest absolute Gasteiger partial charge is 0.0107 e. The van der Waals surface area contributed by atoms with E-state index in [1.165, 1.54) is 45.3 Å². The molecule has 0 spiro atoms. The highest BCUT2D eigenvalue weighted by atomic mass is 15.1. The molecule has 1 rings (SSSR count). The van der Waals surface area contributed by atoms with Gasteiger partial charge >= 0.3 is 0 Å². The molecule has 0 unspecified atom stereocenters. The molecule has 1 aliphatic rings. The summed E-state index contributed by atoms with van der Waals surface area (Å²) in [6.07, 6.45) is 5.54. The van der Waals surface area contributed by atoms with Crippen molar-refractivity contribution in [2.24, 2.45) is 5.92 Å². The van der Waals surface area contributed by atoms with Crippen LogP contribution >= 0.6 is 0 Å². The summed E-state index contributed by atoms with van der Waals surface area (Å²) in [5.41, 5.74) is 0. The van der Waals surface area contributed by atoms with Crippen LogP contribution < -0.4 is 5.32 Å². The first kappa shape index (κ1) is 13.0. The molecule has 0 saturated carbocycles. The van der Waals surface area contributed by atoms with Crippen LogP contribution in [-0.4, -0.2) is 37.1 Å². The van der Waals surface area contributed by atoms with Gasteiger partial charge < -0.3 is 10.2 Å². The maximum Gasteiger partial charge on any atom is 0.0107 e. The second-order valence-electron chi connectivity index (χ2n) is 5.39. The van der Waals surface area contributed by atoms with Gasteiger partial charge in [-0.05, 0) is 45.2 Å². The number of likely N-dealkylation sites (tertiary alicyclic amines) is 1. The molecule has 2 nitrogen and oxygen atoms in total. The zero-order valence-corrected chi connectivity index (χ0v) is 10.8. The van der Waals surface area contributed by atoms with Gasteiger partial charge in [-0.15, -0.1) is 0 Å². The van der Waals surface area contributed by atoms with E-state index in [4.69, 9.17) is 0 Å². The van der Waals surface area contributed by atoms with Crippen molar-refractivity contribution >= 4 is 0 Å². The van der Waals surface area contributed by atoms with Gasteiger partial charge in [0.05, 0.1) is 0 Å². The number of hydrogen-bond acceptors (Lipinski definition) is 2. The SMILES string of the molecule is CC(C)C[C@@H](C)NCCN1CCCCC1. The van der Waals surface area contributed by atoms with E-state index >= 15 is 0 Å². The van der Waals surface area contributed by atoms with Crippen molar-refractivity contribution in [3.63, 3.8) is 0 Å². The summed E-state index contributed by atoms with van der Waals surface area (Å²) >= 11 is 0. The van der Waals surface area contributed by atoms with Gasteiger partial charge in [-0.2, -0.15) is 0 Å². The van der Waals surface area contributed by atoms with E-state index in [1.807, 2.05) is 0 Å². The van der Waals surface area contributed by atoms with Crippen molar-refractivity contribution in [1.29, 1.82) is 0 Å². The molecule has 1 N–H and O–H groups in total. The first-order valence-corrected chi connectivity index (χ1v) is 6.64. The van der Waals surface area contributed by atoms with Crippen LogP contribution in [0.5, 0.6) is 0 Å². The minimum atomic E-state index is 0.676. The van der Waals surface area contributed by atoms with Gasteiger partial charge in [0.2, 0.25) is 0 Å². The van der Waals surface area contributed by atoms with Crippen molar-refractivity contribution < 1.29 is 0 Å². The summed E-state index contributed by atoms with van der Waals surface area (Å²) in [6.45, 7) is 11.9. The molecule has 15 heavy (non-hydrogen) atoms. The molecule has 0 amide bonds. The number of nitrogens with zero attached hydrogens (tertiary/aromatic N) is 1. The third-order valence-corrected chi connectivity index (χ3v) is 3.19. The Labute approximate surface area is 95.4 Å². The fraction of sp³-hybridized carbons (Fsp3) is 1.00. The molecule has 1 atom stereocenters. The third kappa shape index (κ3) is 6.16. The number of piperidine rings is 1. The van der Waals surface area contributed by atoms with E-state index in [0.717, 1.165) is 12.5 Å². The highest BCUT2D eigenvalue weighted by Gasteiger charge is 2.10. The molecule has 0 aromatic heterocycles. The van der Waals surface area contributed by atoms with Gasteiger partial charge in [0.15, 0.2) is 0 Å². The van der Waals surface area contributed by atoms with Crippen LogP contribution in [0.25, 0.3) is 0 Å². The molecule has 1 aliphatic heterocycles. The molecule has 0 aromatic rings. The van der Waals surface area contributed by atoms with Crippen LogP contribution in [-0.2, 0) is 0 Å². The zero-order valence-electron chi connectivity index (χ0n) is 10.8. The summed E-state index contributed by atoms with van der Waals surface area (Å²) in [5.74, 6) is 0.808. The van der Waals surface area contributed by atoms with E-state index in [1.54, 1.807) is 0 Å². The van der Waals surface area contributed by atoms with E-state index < -0.39 is 0 Å². The van der Waals surface area contributed by atoms with Crippen LogP contribution in [0.1, 0.15) is 46.5 Å². The molecule has 1 heterocycles. The van der Waals surface area contributed by atoms with E-state index in [-0.39, 0.29) is 0 Å². The summed E-state index contributed by atoms with van der Waals surface area (Å²) < 4.78 is 0. The number of nitrogens with one attached hydrogen (secondary N) is 1. The fourth-order valence-corrected chi connectivity index (χ4v) is 2.44. The van der Waals surface area contributed by atoms with E-state index in [0.29, 0.717) is 6.04 Å². The van der Waals surface area contributed by atoms with Gasteiger partial charge in [0.1, 0.15) is 0 Å². The standard InChI is InChI=1S/C13H28N2/c1-12(2)11-13(3)14-7-10-15-8-5-4-6-9-15/h12-14H,4-11H2,1-3H3/t13-/m1/s1. The Morgan fingerprint density at radius 2 is 1.73 bits per heavy atom. The topological polar surface area (TPSA) is 15.3 Å². The fourth-order valence-electron chi connectivity index (χ4n) is 2.44. The van der Waals surface area contributed by atoms with E-state index in [9.17, 15) is 0 Å². The Morgan fingerprint density at radius 3 is 2.33 bits per heavy atom. The Hall–Kier alpha value is -0.0800. The van der Waals surface area contributed by atoms with Crippen molar-refractivity contribution in [2.75, 3.05) is 26.2 Å². The monoisotopic (exact) mass is 212 g/mol. The molecule has 1 saturated heterocycles. The predicted octanol–water partition coefficient (Wildman–Crippen LogP) is 2.50. The van der Waals surface area contributed by atoms with Gasteiger partial charge in [-0.1, -0.05) is 20.3 Å². The second-order valence-corrected chi connectivity index (χ2v) is 5.39. The summed E-state index contributed by atoms with van der Waals surface area (Å²) in [4.78, 5) is 2.60. The van der Waals surface area contributed by atoms with Crippen LogP contribution in [0.2, 0.25) is 0 Å². The lowest BCUT2D eigenvalue weighted by molar-refractivity contribution is 0.225. The third-order valence-electron chi connectivity index (χ3n) is 3.19. The molecule has 0 aromatic carbocycles. The molecule has 1 fully saturated rings. The quantitative estimate of drug-likeness (QED) is 0.728. The minimum absolute atomic E-state index is 0.676. The lowest BCUT2D eigenvalue weighted by Crippen LogP contribution is -2.38. The van der Waals surface area contributed by atoms with Crippen LogP contribution in [0, 0.1) is 5.92 Å². The average Bonchev–Trinajstić information content (AvgIpc) is 2.18. The molecule has 0 aliphatic carbocycles. The van der Waals surface area contributed by atoms with Gasteiger partial charge in [0.25, 0.3) is 0 Å². The van der Waals surface area contributed by atoms with Crippen LogP contribution in [0.15, 0.2) is 0 Å². The Kier molecular flexibility index (Phi) is 6.26. The van der Waals surface area contributed by atoms with Gasteiger partial charge in [-0.3, -0.25) is 0 Å². The summed E-state index contributed by atoms with van der Waals surface area (Å²) in [5, 5.41) is 3.62. The van der Waals surface area contributed by atoms with Crippen molar-refractivity contribution in [1.82, 2.24) is 10.2 Å². The predicted molar refractivity (Wildman–Crippen MR) is 67.2 cm³/mol. The van der Waals surface area contributed by atoms with E-state index in [2.05, 4.69) is 31.0 Å². The molecule has 90 valence electrons. The Morgan fingerprint density at radius 1 is 1.07 bits per heavy atom. The summed E-state index contributed by atoms with van der Waals surface area (Å²) in [7, 11) is 0. The second kappa shape index (κ2) is 7.24. The van der Waals surface area contributed by atoms with Gasteiger partial charge in [-0.25, -0.2) is 0 Å². The van der Waals surface area contributed by atoms with Crippen LogP contribution in [0.4, 0.5) is 0 Å². The minimum Gasteiger partial charge on any atom is -0.313 e. The molecule has 0 radical (unpaired) electrons. The van der Waals surface area contributed by atoms with Crippen LogP contribution in [0.3, 0.4) is 0 Å².